The van der Waals surface area contributed by atoms with Gasteiger partial charge in [-0.15, -0.1) is 0 Å². The Labute approximate surface area is 189 Å². The molecule has 0 N–H and O–H groups in total. The third-order valence-corrected chi connectivity index (χ3v) is 7.30. The number of rotatable bonds is 4. The predicted octanol–water partition coefficient (Wildman–Crippen LogP) is 5.20. The first-order valence-electron chi connectivity index (χ1n) is 9.17. The van der Waals surface area contributed by atoms with E-state index in [1.165, 1.54) is 17.0 Å². The van der Waals surface area contributed by atoms with Crippen LogP contribution in [0.1, 0.15) is 16.7 Å². The summed E-state index contributed by atoms with van der Waals surface area (Å²) >= 11 is 12.4. The van der Waals surface area contributed by atoms with Crippen molar-refractivity contribution in [1.82, 2.24) is 4.31 Å². The molecule has 1 aliphatic rings. The molecule has 0 saturated heterocycles. The maximum Gasteiger partial charge on any atom is 0.339 e. The summed E-state index contributed by atoms with van der Waals surface area (Å²) in [4.78, 5) is 14.6. The Morgan fingerprint density at radius 3 is 2.19 bits per heavy atom. The maximum absolute atomic E-state index is 13.4. The molecular weight excluding hydrogens is 457 g/mol. The zero-order valence-electron chi connectivity index (χ0n) is 16.0. The molecule has 0 fully saturated rings. The van der Waals surface area contributed by atoms with Crippen LogP contribution in [0.15, 0.2) is 71.6 Å². The fraction of sp³-hybridized carbons (Fsp3) is 0.0909. The van der Waals surface area contributed by atoms with E-state index in [2.05, 4.69) is 0 Å². The number of carbonyl (C=O) groups excluding carboxylic acids is 1. The van der Waals surface area contributed by atoms with Gasteiger partial charge in [0.25, 0.3) is 10.0 Å². The van der Waals surface area contributed by atoms with Gasteiger partial charge in [0.05, 0.1) is 35.4 Å². The number of fused-ring (bicyclic) bond motifs is 1. The Morgan fingerprint density at radius 2 is 1.55 bits per heavy atom. The second kappa shape index (κ2) is 8.23. The second-order valence-electron chi connectivity index (χ2n) is 6.91. The van der Waals surface area contributed by atoms with Crippen LogP contribution in [0.25, 0.3) is 0 Å². The van der Waals surface area contributed by atoms with Crippen LogP contribution >= 0.6 is 23.2 Å². The SMILES string of the molecule is N#Cc1ccc(CN2C(=O)N(Cc3ccccc3)c3cc(Cl)cc(Cl)c3S2(=O)=O)cc1. The van der Waals surface area contributed by atoms with Gasteiger partial charge >= 0.3 is 6.03 Å². The van der Waals surface area contributed by atoms with E-state index in [1.54, 1.807) is 24.3 Å². The summed E-state index contributed by atoms with van der Waals surface area (Å²) in [6.07, 6.45) is 0. The van der Waals surface area contributed by atoms with Crippen LogP contribution in [0.5, 0.6) is 0 Å². The van der Waals surface area contributed by atoms with Gasteiger partial charge in [0, 0.05) is 5.02 Å². The number of urea groups is 1. The minimum atomic E-state index is -4.23. The van der Waals surface area contributed by atoms with Crippen LogP contribution in [0, 0.1) is 11.3 Å². The third kappa shape index (κ3) is 3.98. The number of halogens is 2. The molecule has 1 heterocycles. The number of nitrogens with zero attached hydrogens (tertiary/aromatic N) is 3. The Balaban J connectivity index is 1.82. The van der Waals surface area contributed by atoms with Gasteiger partial charge in [-0.2, -0.15) is 5.26 Å². The molecule has 0 radical (unpaired) electrons. The lowest BCUT2D eigenvalue weighted by atomic mass is 10.1. The number of anilines is 1. The molecule has 31 heavy (non-hydrogen) atoms. The molecule has 4 rings (SSSR count). The van der Waals surface area contributed by atoms with Crippen LogP contribution in [-0.4, -0.2) is 18.8 Å². The number of amides is 2. The van der Waals surface area contributed by atoms with Gasteiger partial charge in [0.2, 0.25) is 0 Å². The van der Waals surface area contributed by atoms with Crippen molar-refractivity contribution in [3.8, 4) is 6.07 Å². The van der Waals surface area contributed by atoms with Crippen molar-refractivity contribution in [2.75, 3.05) is 4.90 Å². The van der Waals surface area contributed by atoms with Gasteiger partial charge in [-0.3, -0.25) is 4.90 Å². The zero-order valence-corrected chi connectivity index (χ0v) is 18.3. The summed E-state index contributed by atoms with van der Waals surface area (Å²) in [6.45, 7) is -0.0563. The smallest absolute Gasteiger partial charge is 0.288 e. The highest BCUT2D eigenvalue weighted by molar-refractivity contribution is 7.90. The quantitative estimate of drug-likeness (QED) is 0.523. The van der Waals surface area contributed by atoms with E-state index in [4.69, 9.17) is 28.5 Å². The van der Waals surface area contributed by atoms with E-state index >= 15 is 0 Å². The van der Waals surface area contributed by atoms with Gasteiger partial charge in [-0.1, -0.05) is 65.7 Å². The highest BCUT2D eigenvalue weighted by atomic mass is 35.5. The lowest BCUT2D eigenvalue weighted by molar-refractivity contribution is 0.226. The average molecular weight is 472 g/mol. The van der Waals surface area contributed by atoms with E-state index in [0.29, 0.717) is 11.1 Å². The summed E-state index contributed by atoms with van der Waals surface area (Å²) in [5.41, 5.74) is 1.95. The van der Waals surface area contributed by atoms with Gasteiger partial charge < -0.3 is 0 Å². The number of hydrogen-bond acceptors (Lipinski definition) is 4. The first-order valence-corrected chi connectivity index (χ1v) is 11.4. The Hall–Kier alpha value is -3.05. The van der Waals surface area contributed by atoms with Crippen LogP contribution in [0.4, 0.5) is 10.5 Å². The second-order valence-corrected chi connectivity index (χ2v) is 9.55. The summed E-state index contributed by atoms with van der Waals surface area (Å²) in [6, 6.07) is 19.6. The molecular formula is C22H15Cl2N3O3S. The molecule has 0 atom stereocenters. The minimum absolute atomic E-state index is 0.0575. The largest absolute Gasteiger partial charge is 0.339 e. The highest BCUT2D eigenvalue weighted by Gasteiger charge is 2.43. The predicted molar refractivity (Wildman–Crippen MR) is 118 cm³/mol. The first kappa shape index (κ1) is 21.2. The lowest BCUT2D eigenvalue weighted by Crippen LogP contribution is -2.50. The van der Waals surface area contributed by atoms with E-state index in [9.17, 15) is 13.2 Å². The van der Waals surface area contributed by atoms with Crippen molar-refractivity contribution in [2.24, 2.45) is 0 Å². The molecule has 1 aliphatic heterocycles. The number of hydrogen-bond donors (Lipinski definition) is 0. The molecule has 0 aliphatic carbocycles. The normalized spacial score (nSPS) is 14.8. The molecule has 0 bridgehead atoms. The van der Waals surface area contributed by atoms with Gasteiger partial charge in [0.1, 0.15) is 4.90 Å². The maximum atomic E-state index is 13.4. The Bertz CT molecular complexity index is 1300. The van der Waals surface area contributed by atoms with Crippen LogP contribution < -0.4 is 4.90 Å². The molecule has 156 valence electrons. The monoisotopic (exact) mass is 471 g/mol. The third-order valence-electron chi connectivity index (χ3n) is 4.86. The number of nitriles is 1. The Kier molecular flexibility index (Phi) is 5.63. The van der Waals surface area contributed by atoms with Crippen LogP contribution in [0.2, 0.25) is 10.0 Å². The Morgan fingerprint density at radius 1 is 0.903 bits per heavy atom. The van der Waals surface area contributed by atoms with E-state index in [0.717, 1.165) is 9.87 Å². The molecule has 0 unspecified atom stereocenters. The molecule has 0 spiro atoms. The highest BCUT2D eigenvalue weighted by Crippen LogP contribution is 2.42. The van der Waals surface area contributed by atoms with E-state index in [-0.39, 0.29) is 33.7 Å². The van der Waals surface area contributed by atoms with Gasteiger partial charge in [0.15, 0.2) is 0 Å². The zero-order chi connectivity index (χ0) is 22.2. The van der Waals surface area contributed by atoms with Crippen LogP contribution in [-0.2, 0) is 23.1 Å². The molecule has 0 aromatic heterocycles. The number of sulfonamides is 1. The summed E-state index contributed by atoms with van der Waals surface area (Å²) in [5.74, 6) is 0. The number of carbonyl (C=O) groups is 1. The van der Waals surface area contributed by atoms with Gasteiger partial charge in [-0.05, 0) is 35.4 Å². The van der Waals surface area contributed by atoms with Crippen LogP contribution in [0.3, 0.4) is 0 Å². The van der Waals surface area contributed by atoms with E-state index < -0.39 is 16.1 Å². The molecule has 6 nitrogen and oxygen atoms in total. The summed E-state index contributed by atoms with van der Waals surface area (Å²) < 4.78 is 27.5. The average Bonchev–Trinajstić information content (AvgIpc) is 2.74. The van der Waals surface area contributed by atoms with Gasteiger partial charge in [-0.25, -0.2) is 17.5 Å². The van der Waals surface area contributed by atoms with E-state index in [1.807, 2.05) is 36.4 Å². The molecule has 2 amide bonds. The van der Waals surface area contributed by atoms with Crippen molar-refractivity contribution in [1.29, 1.82) is 5.26 Å². The number of benzene rings is 3. The summed E-state index contributed by atoms with van der Waals surface area (Å²) in [5, 5.41) is 9.14. The standard InChI is InChI=1S/C22H15Cl2N3O3S/c23-18-10-19(24)21-20(11-18)26(13-16-4-2-1-3-5-16)22(28)27(31(21,29)30)14-17-8-6-15(12-25)7-9-17/h1-11H,13-14H2. The molecule has 9 heteroatoms. The summed E-state index contributed by atoms with van der Waals surface area (Å²) in [7, 11) is -4.23. The lowest BCUT2D eigenvalue weighted by Gasteiger charge is -2.37. The minimum Gasteiger partial charge on any atom is -0.288 e. The van der Waals surface area contributed by atoms with Crippen molar-refractivity contribution in [3.05, 3.63) is 93.5 Å². The molecule has 3 aromatic carbocycles. The molecule has 3 aromatic rings. The topological polar surface area (TPSA) is 81.5 Å². The fourth-order valence-electron chi connectivity index (χ4n) is 3.38. The van der Waals surface area contributed by atoms with Crippen molar-refractivity contribution >= 4 is 44.9 Å². The molecule has 0 saturated carbocycles. The first-order chi connectivity index (χ1) is 14.8. The van der Waals surface area contributed by atoms with Crippen molar-refractivity contribution in [3.63, 3.8) is 0 Å². The van der Waals surface area contributed by atoms with Crippen molar-refractivity contribution in [2.45, 2.75) is 18.0 Å². The van der Waals surface area contributed by atoms with Crippen molar-refractivity contribution < 1.29 is 13.2 Å². The fourth-order valence-corrected chi connectivity index (χ4v) is 5.73.